The molecule has 2 N–H and O–H groups in total. The fraction of sp³-hybridized carbons (Fsp3) is 0.600. The zero-order chi connectivity index (χ0) is 13.7. The molecule has 0 radical (unpaired) electrons. The van der Waals surface area contributed by atoms with E-state index in [2.05, 4.69) is 24.4 Å². The molecule has 2 rings (SSSR count). The van der Waals surface area contributed by atoms with E-state index >= 15 is 0 Å². The zero-order valence-corrected chi connectivity index (χ0v) is 12.9. The van der Waals surface area contributed by atoms with Crippen LogP contribution in [0, 0.1) is 0 Å². The van der Waals surface area contributed by atoms with Gasteiger partial charge in [0.2, 0.25) is 0 Å². The molecular weight excluding hydrogens is 278 g/mol. The highest BCUT2D eigenvalue weighted by Gasteiger charge is 2.20. The number of benzene rings is 1. The predicted molar refractivity (Wildman–Crippen MR) is 83.1 cm³/mol. The average Bonchev–Trinajstić information content (AvgIpc) is 2.59. The Kier molecular flexibility index (Phi) is 6.02. The minimum atomic E-state index is 0.273. The van der Waals surface area contributed by atoms with Crippen LogP contribution < -0.4 is 5.32 Å². The molecule has 1 aromatic rings. The van der Waals surface area contributed by atoms with Gasteiger partial charge in [0.15, 0.2) is 0 Å². The highest BCUT2D eigenvalue weighted by molar-refractivity contribution is 7.99. The number of aliphatic hydroxyl groups excluding tert-OH is 1. The van der Waals surface area contributed by atoms with E-state index in [0.717, 1.165) is 24.3 Å². The molecule has 0 aliphatic carbocycles. The van der Waals surface area contributed by atoms with Crippen molar-refractivity contribution in [2.75, 3.05) is 12.4 Å². The van der Waals surface area contributed by atoms with Crippen LogP contribution in [0.5, 0.6) is 0 Å². The van der Waals surface area contributed by atoms with E-state index < -0.39 is 0 Å². The van der Waals surface area contributed by atoms with Crippen molar-refractivity contribution < 1.29 is 5.11 Å². The van der Waals surface area contributed by atoms with E-state index in [0.29, 0.717) is 12.1 Å². The Morgan fingerprint density at radius 1 is 1.53 bits per heavy atom. The first kappa shape index (κ1) is 15.2. The Labute approximate surface area is 124 Å². The molecule has 1 aliphatic rings. The summed E-state index contributed by atoms with van der Waals surface area (Å²) in [6.45, 7) is 2.47. The summed E-state index contributed by atoms with van der Waals surface area (Å²) in [4.78, 5) is 1.36. The number of halogens is 1. The van der Waals surface area contributed by atoms with Crippen LogP contribution in [-0.4, -0.2) is 23.5 Å². The molecular formula is C15H22ClNOS. The summed E-state index contributed by atoms with van der Waals surface area (Å²) < 4.78 is 0. The Morgan fingerprint density at radius 2 is 2.37 bits per heavy atom. The molecule has 0 saturated heterocycles. The Morgan fingerprint density at radius 3 is 3.16 bits per heavy atom. The third-order valence-corrected chi connectivity index (χ3v) is 4.93. The first-order valence-electron chi connectivity index (χ1n) is 7.00. The van der Waals surface area contributed by atoms with Crippen LogP contribution >= 0.6 is 23.4 Å². The van der Waals surface area contributed by atoms with E-state index in [4.69, 9.17) is 16.7 Å². The Hall–Kier alpha value is -0.220. The lowest BCUT2D eigenvalue weighted by atomic mass is 10.0. The van der Waals surface area contributed by atoms with Gasteiger partial charge in [-0.3, -0.25) is 0 Å². The van der Waals surface area contributed by atoms with E-state index in [9.17, 15) is 0 Å². The Balaban J connectivity index is 2.10. The van der Waals surface area contributed by atoms with Crippen LogP contribution in [0.2, 0.25) is 5.02 Å². The standard InChI is InChI=1S/C15H22ClNOS/c1-11(4-2-8-18)17-14-5-3-9-19-15-7-6-12(16)10-13(14)15/h6-7,10-11,14,17-18H,2-5,8-9H2,1H3. The fourth-order valence-corrected chi connectivity index (χ4v) is 3.79. The van der Waals surface area contributed by atoms with Crippen molar-refractivity contribution in [3.05, 3.63) is 28.8 Å². The molecule has 0 saturated carbocycles. The van der Waals surface area contributed by atoms with Gasteiger partial charge in [-0.15, -0.1) is 11.8 Å². The maximum absolute atomic E-state index is 8.91. The maximum Gasteiger partial charge on any atom is 0.0431 e. The first-order valence-corrected chi connectivity index (χ1v) is 8.36. The van der Waals surface area contributed by atoms with Crippen LogP contribution in [0.4, 0.5) is 0 Å². The van der Waals surface area contributed by atoms with E-state index in [-0.39, 0.29) is 6.61 Å². The van der Waals surface area contributed by atoms with Gasteiger partial charge in [0.1, 0.15) is 0 Å². The minimum absolute atomic E-state index is 0.273. The monoisotopic (exact) mass is 299 g/mol. The number of hydrogen-bond acceptors (Lipinski definition) is 3. The van der Waals surface area contributed by atoms with Crippen molar-refractivity contribution in [3.63, 3.8) is 0 Å². The third kappa shape index (κ3) is 4.38. The van der Waals surface area contributed by atoms with Gasteiger partial charge in [-0.05, 0) is 62.1 Å². The van der Waals surface area contributed by atoms with Gasteiger partial charge < -0.3 is 10.4 Å². The molecule has 2 nitrogen and oxygen atoms in total. The summed E-state index contributed by atoms with van der Waals surface area (Å²) >= 11 is 8.07. The SMILES string of the molecule is CC(CCCO)NC1CCCSc2ccc(Cl)cc21. The number of aliphatic hydroxyl groups is 1. The molecule has 2 atom stereocenters. The lowest BCUT2D eigenvalue weighted by molar-refractivity contribution is 0.272. The number of thioether (sulfide) groups is 1. The van der Waals surface area contributed by atoms with Crippen LogP contribution in [0.15, 0.2) is 23.1 Å². The lowest BCUT2D eigenvalue weighted by Gasteiger charge is -2.24. The van der Waals surface area contributed by atoms with Crippen molar-refractivity contribution in [3.8, 4) is 0 Å². The predicted octanol–water partition coefficient (Wildman–Crippen LogP) is 4.02. The third-order valence-electron chi connectivity index (χ3n) is 3.52. The summed E-state index contributed by atoms with van der Waals surface area (Å²) in [7, 11) is 0. The van der Waals surface area contributed by atoms with E-state index in [1.165, 1.54) is 22.6 Å². The van der Waals surface area contributed by atoms with Crippen molar-refractivity contribution in [2.45, 2.75) is 49.6 Å². The van der Waals surface area contributed by atoms with Crippen LogP contribution in [0.25, 0.3) is 0 Å². The molecule has 0 spiro atoms. The summed E-state index contributed by atoms with van der Waals surface area (Å²) in [5, 5.41) is 13.4. The normalized spacial score (nSPS) is 20.7. The van der Waals surface area contributed by atoms with Gasteiger partial charge in [0.25, 0.3) is 0 Å². The molecule has 0 amide bonds. The number of fused-ring (bicyclic) bond motifs is 1. The smallest absolute Gasteiger partial charge is 0.0431 e. The second-order valence-electron chi connectivity index (χ2n) is 5.16. The minimum Gasteiger partial charge on any atom is -0.396 e. The molecule has 1 heterocycles. The van der Waals surface area contributed by atoms with E-state index in [1.54, 1.807) is 0 Å². The molecule has 0 fully saturated rings. The molecule has 1 aromatic carbocycles. The molecule has 0 aromatic heterocycles. The maximum atomic E-state index is 8.91. The van der Waals surface area contributed by atoms with E-state index in [1.807, 2.05) is 17.8 Å². The number of nitrogens with one attached hydrogen (secondary N) is 1. The van der Waals surface area contributed by atoms with Crippen LogP contribution in [0.1, 0.15) is 44.2 Å². The van der Waals surface area contributed by atoms with Crippen molar-refractivity contribution in [2.24, 2.45) is 0 Å². The molecule has 19 heavy (non-hydrogen) atoms. The van der Waals surface area contributed by atoms with Crippen molar-refractivity contribution >= 4 is 23.4 Å². The lowest BCUT2D eigenvalue weighted by Crippen LogP contribution is -2.30. The highest BCUT2D eigenvalue weighted by atomic mass is 35.5. The van der Waals surface area contributed by atoms with Gasteiger partial charge in [0, 0.05) is 28.6 Å². The molecule has 4 heteroatoms. The summed E-state index contributed by atoms with van der Waals surface area (Å²) in [6.07, 6.45) is 4.25. The molecule has 1 aliphatic heterocycles. The fourth-order valence-electron chi connectivity index (χ4n) is 2.55. The zero-order valence-electron chi connectivity index (χ0n) is 11.4. The average molecular weight is 300 g/mol. The van der Waals surface area contributed by atoms with Crippen LogP contribution in [-0.2, 0) is 0 Å². The van der Waals surface area contributed by atoms with Gasteiger partial charge in [0.05, 0.1) is 0 Å². The second kappa shape index (κ2) is 7.53. The largest absolute Gasteiger partial charge is 0.396 e. The molecule has 2 unspecified atom stereocenters. The van der Waals surface area contributed by atoms with Gasteiger partial charge in [-0.2, -0.15) is 0 Å². The molecule has 106 valence electrons. The quantitative estimate of drug-likeness (QED) is 0.861. The van der Waals surface area contributed by atoms with Gasteiger partial charge in [-0.25, -0.2) is 0 Å². The highest BCUT2D eigenvalue weighted by Crippen LogP contribution is 2.36. The summed E-state index contributed by atoms with van der Waals surface area (Å²) in [6, 6.07) is 7.03. The van der Waals surface area contributed by atoms with Crippen molar-refractivity contribution in [1.29, 1.82) is 0 Å². The topological polar surface area (TPSA) is 32.3 Å². The summed E-state index contributed by atoms with van der Waals surface area (Å²) in [5.41, 5.74) is 1.34. The Bertz CT molecular complexity index is 413. The first-order chi connectivity index (χ1) is 9.20. The second-order valence-corrected chi connectivity index (χ2v) is 6.73. The van der Waals surface area contributed by atoms with Gasteiger partial charge >= 0.3 is 0 Å². The number of hydrogen-bond donors (Lipinski definition) is 2. The molecule has 0 bridgehead atoms. The van der Waals surface area contributed by atoms with Gasteiger partial charge in [-0.1, -0.05) is 11.6 Å². The number of rotatable bonds is 5. The summed E-state index contributed by atoms with van der Waals surface area (Å²) in [5.74, 6) is 1.18. The van der Waals surface area contributed by atoms with Crippen LogP contribution in [0.3, 0.4) is 0 Å². The van der Waals surface area contributed by atoms with Crippen molar-refractivity contribution in [1.82, 2.24) is 5.32 Å².